The summed E-state index contributed by atoms with van der Waals surface area (Å²) in [5.41, 5.74) is 1.38. The van der Waals surface area contributed by atoms with E-state index in [1.165, 1.54) is 12.1 Å². The fourth-order valence-corrected chi connectivity index (χ4v) is 2.14. The number of anilines is 1. The number of carboxylic acid groups (broad SMARTS) is 1. The van der Waals surface area contributed by atoms with Crippen molar-refractivity contribution in [3.05, 3.63) is 29.3 Å². The van der Waals surface area contributed by atoms with Crippen LogP contribution in [0, 0.1) is 6.92 Å². The van der Waals surface area contributed by atoms with Gasteiger partial charge in [0.05, 0.1) is 5.56 Å². The molecule has 6 nitrogen and oxygen atoms in total. The predicted octanol–water partition coefficient (Wildman–Crippen LogP) is 1.58. The summed E-state index contributed by atoms with van der Waals surface area (Å²) >= 11 is 0. The van der Waals surface area contributed by atoms with Crippen molar-refractivity contribution in [3.8, 4) is 0 Å². The summed E-state index contributed by atoms with van der Waals surface area (Å²) in [6, 6.07) is 4.06. The highest BCUT2D eigenvalue weighted by molar-refractivity contribution is 7.84. The number of amides is 2. The molecule has 0 aliphatic carbocycles. The van der Waals surface area contributed by atoms with E-state index in [2.05, 4.69) is 10.6 Å². The second-order valence-corrected chi connectivity index (χ2v) is 6.01. The van der Waals surface area contributed by atoms with E-state index in [1.807, 2.05) is 6.92 Å². The van der Waals surface area contributed by atoms with E-state index in [1.54, 1.807) is 13.0 Å². The first-order chi connectivity index (χ1) is 9.43. The average Bonchev–Trinajstić information content (AvgIpc) is 2.40. The molecular weight excluding hydrogens is 280 g/mol. The van der Waals surface area contributed by atoms with Crippen molar-refractivity contribution in [1.29, 1.82) is 0 Å². The molecule has 1 aromatic carbocycles. The SMILES string of the molecule is CCS(=O)CCNC(=O)Nc1ccc(C(=O)O)cc1C. The Bertz CT molecular complexity index is 531. The highest BCUT2D eigenvalue weighted by atomic mass is 32.2. The van der Waals surface area contributed by atoms with E-state index >= 15 is 0 Å². The second kappa shape index (κ2) is 7.64. The summed E-state index contributed by atoms with van der Waals surface area (Å²) in [6.45, 7) is 3.87. The molecule has 2 amide bonds. The molecule has 1 aromatic rings. The molecule has 1 atom stereocenters. The van der Waals surface area contributed by atoms with Crippen LogP contribution in [-0.2, 0) is 10.8 Å². The summed E-state index contributed by atoms with van der Waals surface area (Å²) < 4.78 is 11.2. The van der Waals surface area contributed by atoms with Crippen LogP contribution in [0.5, 0.6) is 0 Å². The number of carboxylic acids is 1. The second-order valence-electron chi connectivity index (χ2n) is 4.15. The van der Waals surface area contributed by atoms with E-state index in [0.29, 0.717) is 29.3 Å². The lowest BCUT2D eigenvalue weighted by atomic mass is 10.1. The van der Waals surface area contributed by atoms with Gasteiger partial charge in [-0.3, -0.25) is 4.21 Å². The van der Waals surface area contributed by atoms with Gasteiger partial charge in [-0.2, -0.15) is 0 Å². The summed E-state index contributed by atoms with van der Waals surface area (Å²) in [5, 5.41) is 14.1. The first kappa shape index (κ1) is 16.2. The lowest BCUT2D eigenvalue weighted by Crippen LogP contribution is -2.32. The Labute approximate surface area is 120 Å². The zero-order valence-electron chi connectivity index (χ0n) is 11.4. The maximum atomic E-state index is 11.6. The van der Waals surface area contributed by atoms with Crippen LogP contribution in [-0.4, -0.2) is 39.4 Å². The standard InChI is InChI=1S/C13H18N2O4S/c1-3-20(19)7-6-14-13(18)15-11-5-4-10(12(16)17)8-9(11)2/h4-5,8H,3,6-7H2,1-2H3,(H,16,17)(H2,14,15,18). The Kier molecular flexibility index (Phi) is 6.17. The lowest BCUT2D eigenvalue weighted by molar-refractivity contribution is 0.0697. The minimum atomic E-state index is -1.01. The Morgan fingerprint density at radius 2 is 2.05 bits per heavy atom. The molecule has 0 aromatic heterocycles. The zero-order chi connectivity index (χ0) is 15.1. The molecule has 0 fully saturated rings. The minimum absolute atomic E-state index is 0.173. The number of carbonyl (C=O) groups excluding carboxylic acids is 1. The zero-order valence-corrected chi connectivity index (χ0v) is 12.3. The van der Waals surface area contributed by atoms with Crippen LogP contribution in [0.4, 0.5) is 10.5 Å². The van der Waals surface area contributed by atoms with Crippen molar-refractivity contribution in [2.45, 2.75) is 13.8 Å². The van der Waals surface area contributed by atoms with Crippen molar-refractivity contribution in [3.63, 3.8) is 0 Å². The summed E-state index contributed by atoms with van der Waals surface area (Å²) in [5.74, 6) is -0.0222. The molecule has 0 heterocycles. The highest BCUT2D eigenvalue weighted by Gasteiger charge is 2.08. The average molecular weight is 298 g/mol. The van der Waals surface area contributed by atoms with Gasteiger partial charge in [0.2, 0.25) is 0 Å². The number of rotatable bonds is 6. The normalized spacial score (nSPS) is 11.7. The van der Waals surface area contributed by atoms with E-state index in [4.69, 9.17) is 5.11 Å². The molecule has 7 heteroatoms. The molecule has 0 spiro atoms. The number of aromatic carboxylic acids is 1. The van der Waals surface area contributed by atoms with E-state index in [0.717, 1.165) is 0 Å². The maximum Gasteiger partial charge on any atom is 0.335 e. The first-order valence-electron chi connectivity index (χ1n) is 6.17. The summed E-state index contributed by atoms with van der Waals surface area (Å²) in [7, 11) is -0.910. The van der Waals surface area contributed by atoms with Gasteiger partial charge in [-0.1, -0.05) is 6.92 Å². The van der Waals surface area contributed by atoms with Crippen LogP contribution in [0.2, 0.25) is 0 Å². The molecule has 0 aliphatic heterocycles. The Morgan fingerprint density at radius 3 is 2.60 bits per heavy atom. The molecule has 0 aliphatic rings. The van der Waals surface area contributed by atoms with Crippen molar-refractivity contribution in [1.82, 2.24) is 5.32 Å². The summed E-state index contributed by atoms with van der Waals surface area (Å²) in [4.78, 5) is 22.4. The first-order valence-corrected chi connectivity index (χ1v) is 7.66. The van der Waals surface area contributed by atoms with Gasteiger partial charge in [0.25, 0.3) is 0 Å². The predicted molar refractivity (Wildman–Crippen MR) is 78.7 cm³/mol. The number of aryl methyl sites for hydroxylation is 1. The van der Waals surface area contributed by atoms with Gasteiger partial charge in [0, 0.05) is 34.5 Å². The molecular formula is C13H18N2O4S. The van der Waals surface area contributed by atoms with Crippen LogP contribution < -0.4 is 10.6 Å². The summed E-state index contributed by atoms with van der Waals surface area (Å²) in [6.07, 6.45) is 0. The number of hydrogen-bond donors (Lipinski definition) is 3. The van der Waals surface area contributed by atoms with E-state index in [9.17, 15) is 13.8 Å². The molecule has 0 radical (unpaired) electrons. The number of hydrogen-bond acceptors (Lipinski definition) is 3. The fraction of sp³-hybridized carbons (Fsp3) is 0.385. The van der Waals surface area contributed by atoms with Crippen molar-refractivity contribution < 1.29 is 18.9 Å². The lowest BCUT2D eigenvalue weighted by Gasteiger charge is -2.10. The third-order valence-electron chi connectivity index (χ3n) is 2.66. The van der Waals surface area contributed by atoms with Crippen LogP contribution in [0.3, 0.4) is 0 Å². The molecule has 1 unspecified atom stereocenters. The molecule has 3 N–H and O–H groups in total. The maximum absolute atomic E-state index is 11.6. The van der Waals surface area contributed by atoms with Gasteiger partial charge < -0.3 is 15.7 Å². The van der Waals surface area contributed by atoms with Gasteiger partial charge in [0.1, 0.15) is 0 Å². The van der Waals surface area contributed by atoms with Crippen molar-refractivity contribution in [2.24, 2.45) is 0 Å². The van der Waals surface area contributed by atoms with Crippen LogP contribution >= 0.6 is 0 Å². The van der Waals surface area contributed by atoms with E-state index in [-0.39, 0.29) is 5.56 Å². The van der Waals surface area contributed by atoms with E-state index < -0.39 is 22.8 Å². The molecule has 20 heavy (non-hydrogen) atoms. The fourth-order valence-electron chi connectivity index (χ4n) is 1.53. The highest BCUT2D eigenvalue weighted by Crippen LogP contribution is 2.16. The van der Waals surface area contributed by atoms with Crippen LogP contribution in [0.1, 0.15) is 22.8 Å². The Balaban J connectivity index is 2.54. The number of benzene rings is 1. The Morgan fingerprint density at radius 1 is 1.35 bits per heavy atom. The van der Waals surface area contributed by atoms with Gasteiger partial charge in [0.15, 0.2) is 0 Å². The van der Waals surface area contributed by atoms with Crippen LogP contribution in [0.25, 0.3) is 0 Å². The third kappa shape index (κ3) is 5.00. The van der Waals surface area contributed by atoms with Crippen LogP contribution in [0.15, 0.2) is 18.2 Å². The largest absolute Gasteiger partial charge is 0.478 e. The van der Waals surface area contributed by atoms with Gasteiger partial charge in [-0.25, -0.2) is 9.59 Å². The van der Waals surface area contributed by atoms with Gasteiger partial charge in [-0.15, -0.1) is 0 Å². The molecule has 1 rings (SSSR count). The third-order valence-corrected chi connectivity index (χ3v) is 3.96. The van der Waals surface area contributed by atoms with Gasteiger partial charge in [-0.05, 0) is 30.7 Å². The number of urea groups is 1. The van der Waals surface area contributed by atoms with Gasteiger partial charge >= 0.3 is 12.0 Å². The monoisotopic (exact) mass is 298 g/mol. The van der Waals surface area contributed by atoms with Crippen molar-refractivity contribution in [2.75, 3.05) is 23.4 Å². The minimum Gasteiger partial charge on any atom is -0.478 e. The number of carbonyl (C=O) groups is 2. The number of nitrogens with one attached hydrogen (secondary N) is 2. The topological polar surface area (TPSA) is 95.5 Å². The van der Waals surface area contributed by atoms with Crippen molar-refractivity contribution >= 4 is 28.5 Å². The molecule has 110 valence electrons. The molecule has 0 saturated heterocycles. The Hall–Kier alpha value is -1.89. The smallest absolute Gasteiger partial charge is 0.335 e. The molecule has 0 bridgehead atoms. The molecule has 0 saturated carbocycles. The quantitative estimate of drug-likeness (QED) is 0.743.